The lowest BCUT2D eigenvalue weighted by molar-refractivity contribution is -0.144. The van der Waals surface area contributed by atoms with Crippen molar-refractivity contribution in [2.45, 2.75) is 58.6 Å². The van der Waals surface area contributed by atoms with Crippen LogP contribution in [0.5, 0.6) is 0 Å². The number of ether oxygens (including phenoxy) is 2. The molecule has 0 unspecified atom stereocenters. The number of amides is 1. The molecular weight excluding hydrogens is 234 g/mol. The van der Waals surface area contributed by atoms with E-state index in [9.17, 15) is 9.59 Å². The van der Waals surface area contributed by atoms with Crippen molar-refractivity contribution >= 4 is 12.1 Å². The zero-order valence-electron chi connectivity index (χ0n) is 11.7. The van der Waals surface area contributed by atoms with E-state index in [4.69, 9.17) is 9.47 Å². The molecule has 0 aromatic rings. The van der Waals surface area contributed by atoms with E-state index in [-0.39, 0.29) is 24.5 Å². The molecule has 5 heteroatoms. The van der Waals surface area contributed by atoms with Gasteiger partial charge in [0.2, 0.25) is 0 Å². The van der Waals surface area contributed by atoms with E-state index in [2.05, 4.69) is 0 Å². The van der Waals surface area contributed by atoms with Gasteiger partial charge >= 0.3 is 12.1 Å². The first-order chi connectivity index (χ1) is 8.33. The molecule has 1 heterocycles. The number of esters is 1. The maximum Gasteiger partial charge on any atom is 0.410 e. The van der Waals surface area contributed by atoms with Crippen molar-refractivity contribution in [3.8, 4) is 0 Å². The predicted octanol–water partition coefficient (Wildman–Crippen LogP) is 2.34. The molecule has 1 amide bonds. The first-order valence-electron chi connectivity index (χ1n) is 6.48. The molecule has 1 aliphatic rings. The van der Waals surface area contributed by atoms with Crippen LogP contribution in [0.1, 0.15) is 47.0 Å². The van der Waals surface area contributed by atoms with Crippen molar-refractivity contribution in [2.24, 2.45) is 0 Å². The third kappa shape index (κ3) is 4.55. The van der Waals surface area contributed by atoms with Gasteiger partial charge in [-0.3, -0.25) is 4.79 Å². The third-order valence-electron chi connectivity index (χ3n) is 2.71. The Morgan fingerprint density at radius 2 is 2.00 bits per heavy atom. The summed E-state index contributed by atoms with van der Waals surface area (Å²) in [6.07, 6.45) is 1.66. The van der Waals surface area contributed by atoms with Crippen molar-refractivity contribution < 1.29 is 19.1 Å². The van der Waals surface area contributed by atoms with E-state index in [1.54, 1.807) is 11.8 Å². The summed E-state index contributed by atoms with van der Waals surface area (Å²) in [5.74, 6) is -0.252. The van der Waals surface area contributed by atoms with Crippen LogP contribution in [0.4, 0.5) is 4.79 Å². The van der Waals surface area contributed by atoms with Crippen LogP contribution >= 0.6 is 0 Å². The van der Waals surface area contributed by atoms with Gasteiger partial charge in [-0.1, -0.05) is 0 Å². The van der Waals surface area contributed by atoms with Gasteiger partial charge in [0.25, 0.3) is 0 Å². The SMILES string of the molecule is CCOC(=O)C[C@@H]1CCCN1C(=O)OC(C)(C)C. The van der Waals surface area contributed by atoms with Crippen LogP contribution < -0.4 is 0 Å². The van der Waals surface area contributed by atoms with Gasteiger partial charge in [-0.25, -0.2) is 4.79 Å². The van der Waals surface area contributed by atoms with Crippen molar-refractivity contribution in [3.63, 3.8) is 0 Å². The highest BCUT2D eigenvalue weighted by Gasteiger charge is 2.33. The number of carbonyl (C=O) groups excluding carboxylic acids is 2. The second-order valence-corrected chi connectivity index (χ2v) is 5.48. The van der Waals surface area contributed by atoms with E-state index < -0.39 is 5.60 Å². The summed E-state index contributed by atoms with van der Waals surface area (Å²) in [5, 5.41) is 0. The molecule has 18 heavy (non-hydrogen) atoms. The molecule has 0 aliphatic carbocycles. The Labute approximate surface area is 108 Å². The summed E-state index contributed by atoms with van der Waals surface area (Å²) in [6.45, 7) is 8.30. The Morgan fingerprint density at radius 3 is 2.56 bits per heavy atom. The normalized spacial score (nSPS) is 19.8. The third-order valence-corrected chi connectivity index (χ3v) is 2.71. The largest absolute Gasteiger partial charge is 0.466 e. The minimum Gasteiger partial charge on any atom is -0.466 e. The van der Waals surface area contributed by atoms with Crippen LogP contribution in [-0.4, -0.2) is 41.8 Å². The lowest BCUT2D eigenvalue weighted by atomic mass is 10.1. The van der Waals surface area contributed by atoms with E-state index in [1.165, 1.54) is 0 Å². The summed E-state index contributed by atoms with van der Waals surface area (Å²) < 4.78 is 10.2. The minimum absolute atomic E-state index is 0.0844. The van der Waals surface area contributed by atoms with E-state index in [1.807, 2.05) is 20.8 Å². The van der Waals surface area contributed by atoms with Crippen LogP contribution in [0.2, 0.25) is 0 Å². The second kappa shape index (κ2) is 6.07. The van der Waals surface area contributed by atoms with Gasteiger partial charge in [0.15, 0.2) is 0 Å². The molecule has 1 saturated heterocycles. The number of likely N-dealkylation sites (tertiary alicyclic amines) is 1. The topological polar surface area (TPSA) is 55.8 Å². The highest BCUT2D eigenvalue weighted by Crippen LogP contribution is 2.23. The monoisotopic (exact) mass is 257 g/mol. The van der Waals surface area contributed by atoms with Gasteiger partial charge in [0, 0.05) is 12.6 Å². The van der Waals surface area contributed by atoms with Gasteiger partial charge in [0.05, 0.1) is 13.0 Å². The Bertz CT molecular complexity index is 309. The van der Waals surface area contributed by atoms with Gasteiger partial charge < -0.3 is 14.4 Å². The van der Waals surface area contributed by atoms with Crippen LogP contribution in [0.25, 0.3) is 0 Å². The molecule has 0 bridgehead atoms. The highest BCUT2D eigenvalue weighted by molar-refractivity contribution is 5.73. The van der Waals surface area contributed by atoms with Crippen LogP contribution in [0, 0.1) is 0 Å². The van der Waals surface area contributed by atoms with Crippen LogP contribution in [0.3, 0.4) is 0 Å². The van der Waals surface area contributed by atoms with E-state index in [0.29, 0.717) is 13.2 Å². The van der Waals surface area contributed by atoms with Crippen molar-refractivity contribution in [1.29, 1.82) is 0 Å². The molecule has 0 saturated carbocycles. The number of hydrogen-bond acceptors (Lipinski definition) is 4. The smallest absolute Gasteiger partial charge is 0.410 e. The Kier molecular flexibility index (Phi) is 4.99. The van der Waals surface area contributed by atoms with E-state index >= 15 is 0 Å². The minimum atomic E-state index is -0.506. The summed E-state index contributed by atoms with van der Waals surface area (Å²) in [5.41, 5.74) is -0.506. The first-order valence-corrected chi connectivity index (χ1v) is 6.48. The van der Waals surface area contributed by atoms with Gasteiger partial charge in [-0.15, -0.1) is 0 Å². The molecule has 5 nitrogen and oxygen atoms in total. The molecule has 0 spiro atoms. The average Bonchev–Trinajstić information content (AvgIpc) is 2.63. The molecule has 1 rings (SSSR count). The zero-order chi connectivity index (χ0) is 13.8. The molecule has 1 aliphatic heterocycles. The fraction of sp³-hybridized carbons (Fsp3) is 0.846. The summed E-state index contributed by atoms with van der Waals surface area (Å²) in [6, 6.07) is -0.0844. The van der Waals surface area contributed by atoms with Gasteiger partial charge in [-0.05, 0) is 40.5 Å². The molecule has 1 atom stereocenters. The molecule has 0 radical (unpaired) electrons. The first kappa shape index (κ1) is 14.8. The fourth-order valence-electron chi connectivity index (χ4n) is 2.02. The molecular formula is C13H23NO4. The van der Waals surface area contributed by atoms with Crippen LogP contribution in [0.15, 0.2) is 0 Å². The highest BCUT2D eigenvalue weighted by atomic mass is 16.6. The molecule has 0 aromatic heterocycles. The van der Waals surface area contributed by atoms with Crippen LogP contribution in [-0.2, 0) is 14.3 Å². The van der Waals surface area contributed by atoms with Crippen molar-refractivity contribution in [3.05, 3.63) is 0 Å². The standard InChI is InChI=1S/C13H23NO4/c1-5-17-11(15)9-10-7-6-8-14(10)12(16)18-13(2,3)4/h10H,5-9H2,1-4H3/t10-/m0/s1. The molecule has 104 valence electrons. The fourth-order valence-corrected chi connectivity index (χ4v) is 2.02. The Balaban J connectivity index is 2.54. The Morgan fingerprint density at radius 1 is 1.33 bits per heavy atom. The number of rotatable bonds is 3. The quantitative estimate of drug-likeness (QED) is 0.728. The molecule has 0 aromatic carbocycles. The molecule has 0 N–H and O–H groups in total. The predicted molar refractivity (Wildman–Crippen MR) is 67.2 cm³/mol. The Hall–Kier alpha value is -1.26. The van der Waals surface area contributed by atoms with Crippen molar-refractivity contribution in [2.75, 3.05) is 13.2 Å². The maximum atomic E-state index is 12.0. The average molecular weight is 257 g/mol. The number of carbonyl (C=O) groups is 2. The van der Waals surface area contributed by atoms with Gasteiger partial charge in [0.1, 0.15) is 5.60 Å². The zero-order valence-corrected chi connectivity index (χ0v) is 11.7. The summed E-state index contributed by atoms with van der Waals surface area (Å²) in [7, 11) is 0. The lowest BCUT2D eigenvalue weighted by Gasteiger charge is -2.28. The summed E-state index contributed by atoms with van der Waals surface area (Å²) in [4.78, 5) is 25.1. The summed E-state index contributed by atoms with van der Waals surface area (Å²) >= 11 is 0. The maximum absolute atomic E-state index is 12.0. The van der Waals surface area contributed by atoms with E-state index in [0.717, 1.165) is 12.8 Å². The van der Waals surface area contributed by atoms with Gasteiger partial charge in [-0.2, -0.15) is 0 Å². The number of hydrogen-bond donors (Lipinski definition) is 0. The van der Waals surface area contributed by atoms with Crippen molar-refractivity contribution in [1.82, 2.24) is 4.90 Å². The molecule has 1 fully saturated rings. The number of nitrogens with zero attached hydrogens (tertiary/aromatic N) is 1. The second-order valence-electron chi connectivity index (χ2n) is 5.48. The lowest BCUT2D eigenvalue weighted by Crippen LogP contribution is -2.40.